The Hall–Kier alpha value is -2.42. The van der Waals surface area contributed by atoms with E-state index >= 15 is 0 Å². The summed E-state index contributed by atoms with van der Waals surface area (Å²) >= 11 is 0. The molecule has 3 amide bonds. The zero-order valence-corrected chi connectivity index (χ0v) is 20.7. The van der Waals surface area contributed by atoms with Crippen LogP contribution < -0.4 is 10.6 Å². The third-order valence-electron chi connectivity index (χ3n) is 6.87. The molecule has 1 fully saturated rings. The lowest BCUT2D eigenvalue weighted by molar-refractivity contribution is -0.132. The third-order valence-corrected chi connectivity index (χ3v) is 6.87. The first-order valence-corrected chi connectivity index (χ1v) is 12.4. The molecule has 1 aromatic rings. The highest BCUT2D eigenvalue weighted by molar-refractivity contribution is 6.01. The molecule has 9 heteroatoms. The molecule has 3 rings (SSSR count). The molecule has 2 aliphatic heterocycles. The molecule has 1 saturated heterocycles. The highest BCUT2D eigenvalue weighted by atomic mass is 16.2. The summed E-state index contributed by atoms with van der Waals surface area (Å²) in [5.41, 5.74) is -0.515. The molecule has 3 heterocycles. The standard InChI is InChI=1S/C24H40N6O3/c1-18(2)10-12-26-23(33)24(3)17-30-20(22(32)28(24)4)16-19(27-30)21(31)25-11-9-15-29-13-7-5-6-8-14-29/h16,18H,5-15,17H2,1-4H3,(H,25,31)(H,26,33)/t24-/m1/s1. The molecule has 33 heavy (non-hydrogen) atoms. The Morgan fingerprint density at radius 2 is 1.82 bits per heavy atom. The summed E-state index contributed by atoms with van der Waals surface area (Å²) in [6, 6.07) is 1.53. The van der Waals surface area contributed by atoms with E-state index in [-0.39, 0.29) is 30.0 Å². The normalized spacial score (nSPS) is 21.6. The second-order valence-electron chi connectivity index (χ2n) is 10.0. The van der Waals surface area contributed by atoms with Crippen molar-refractivity contribution in [1.82, 2.24) is 30.2 Å². The summed E-state index contributed by atoms with van der Waals surface area (Å²) in [6.45, 7) is 10.5. The lowest BCUT2D eigenvalue weighted by Gasteiger charge is -2.40. The van der Waals surface area contributed by atoms with Gasteiger partial charge in [0.05, 0.1) is 6.54 Å². The predicted molar refractivity (Wildman–Crippen MR) is 127 cm³/mol. The number of carbonyl (C=O) groups excluding carboxylic acids is 3. The SMILES string of the molecule is CC(C)CCNC(=O)[C@@]1(C)Cn2nc(C(=O)NCCCN3CCCCCC3)cc2C(=O)N1C. The van der Waals surface area contributed by atoms with Gasteiger partial charge < -0.3 is 20.4 Å². The number of aromatic nitrogens is 2. The molecule has 0 aromatic carbocycles. The van der Waals surface area contributed by atoms with Gasteiger partial charge in [-0.3, -0.25) is 19.1 Å². The molecule has 2 N–H and O–H groups in total. The number of hydrogen-bond donors (Lipinski definition) is 2. The fourth-order valence-corrected chi connectivity index (χ4v) is 4.46. The number of nitrogens with one attached hydrogen (secondary N) is 2. The molecular formula is C24H40N6O3. The van der Waals surface area contributed by atoms with Crippen molar-refractivity contribution >= 4 is 17.7 Å². The molecule has 2 aliphatic rings. The highest BCUT2D eigenvalue weighted by Gasteiger charge is 2.46. The maximum Gasteiger partial charge on any atom is 0.272 e. The number of fused-ring (bicyclic) bond motifs is 1. The van der Waals surface area contributed by atoms with Gasteiger partial charge >= 0.3 is 0 Å². The van der Waals surface area contributed by atoms with Gasteiger partial charge in [-0.2, -0.15) is 5.10 Å². The van der Waals surface area contributed by atoms with Gasteiger partial charge in [-0.25, -0.2) is 0 Å². The number of rotatable bonds is 9. The molecule has 9 nitrogen and oxygen atoms in total. The van der Waals surface area contributed by atoms with Crippen molar-refractivity contribution in [2.75, 3.05) is 39.8 Å². The van der Waals surface area contributed by atoms with Gasteiger partial charge in [0.25, 0.3) is 11.8 Å². The maximum atomic E-state index is 13.0. The van der Waals surface area contributed by atoms with Crippen molar-refractivity contribution in [3.8, 4) is 0 Å². The van der Waals surface area contributed by atoms with Crippen LogP contribution in [-0.2, 0) is 11.3 Å². The van der Waals surface area contributed by atoms with E-state index in [1.165, 1.54) is 41.3 Å². The van der Waals surface area contributed by atoms with Crippen LogP contribution in [0.1, 0.15) is 80.3 Å². The quantitative estimate of drug-likeness (QED) is 0.548. The first-order valence-electron chi connectivity index (χ1n) is 12.4. The molecule has 0 unspecified atom stereocenters. The number of likely N-dealkylation sites (tertiary alicyclic amines) is 1. The van der Waals surface area contributed by atoms with Crippen molar-refractivity contribution in [2.45, 2.75) is 71.4 Å². The predicted octanol–water partition coefficient (Wildman–Crippen LogP) is 1.89. The van der Waals surface area contributed by atoms with Crippen LogP contribution in [-0.4, -0.2) is 82.6 Å². The first-order chi connectivity index (χ1) is 15.7. The van der Waals surface area contributed by atoms with E-state index in [0.29, 0.717) is 24.7 Å². The fraction of sp³-hybridized carbons (Fsp3) is 0.750. The van der Waals surface area contributed by atoms with Crippen molar-refractivity contribution in [2.24, 2.45) is 5.92 Å². The summed E-state index contributed by atoms with van der Waals surface area (Å²) < 4.78 is 1.50. The van der Waals surface area contributed by atoms with Gasteiger partial charge in [0.1, 0.15) is 11.2 Å². The topological polar surface area (TPSA) is 99.6 Å². The molecule has 1 aromatic heterocycles. The molecule has 184 valence electrons. The Bertz CT molecular complexity index is 843. The van der Waals surface area contributed by atoms with Crippen LogP contribution in [0.25, 0.3) is 0 Å². The molecule has 0 bridgehead atoms. The minimum atomic E-state index is -1.06. The number of hydrogen-bond acceptors (Lipinski definition) is 5. The van der Waals surface area contributed by atoms with Crippen molar-refractivity contribution in [3.05, 3.63) is 17.5 Å². The van der Waals surface area contributed by atoms with Gasteiger partial charge in [0.2, 0.25) is 5.91 Å². The Morgan fingerprint density at radius 1 is 1.12 bits per heavy atom. The average Bonchev–Trinajstić information content (AvgIpc) is 3.02. The zero-order valence-electron chi connectivity index (χ0n) is 20.7. The second kappa shape index (κ2) is 11.1. The van der Waals surface area contributed by atoms with Gasteiger partial charge in [0.15, 0.2) is 5.69 Å². The fourth-order valence-electron chi connectivity index (χ4n) is 4.46. The van der Waals surface area contributed by atoms with Gasteiger partial charge in [-0.1, -0.05) is 26.7 Å². The Labute approximate surface area is 197 Å². The van der Waals surface area contributed by atoms with E-state index < -0.39 is 5.54 Å². The van der Waals surface area contributed by atoms with Gasteiger partial charge in [-0.15, -0.1) is 0 Å². The smallest absolute Gasteiger partial charge is 0.272 e. The number of amides is 3. The molecule has 0 aliphatic carbocycles. The number of carbonyl (C=O) groups is 3. The average molecular weight is 461 g/mol. The van der Waals surface area contributed by atoms with Crippen LogP contribution in [0.3, 0.4) is 0 Å². The van der Waals surface area contributed by atoms with Crippen molar-refractivity contribution in [3.63, 3.8) is 0 Å². The monoisotopic (exact) mass is 460 g/mol. The van der Waals surface area contributed by atoms with E-state index in [1.807, 2.05) is 0 Å². The van der Waals surface area contributed by atoms with Crippen molar-refractivity contribution in [1.29, 1.82) is 0 Å². The third kappa shape index (κ3) is 6.13. The van der Waals surface area contributed by atoms with Crippen molar-refractivity contribution < 1.29 is 14.4 Å². The number of nitrogens with zero attached hydrogens (tertiary/aromatic N) is 4. The summed E-state index contributed by atoms with van der Waals surface area (Å²) in [5, 5.41) is 10.2. The summed E-state index contributed by atoms with van der Waals surface area (Å²) in [4.78, 5) is 42.4. The summed E-state index contributed by atoms with van der Waals surface area (Å²) in [7, 11) is 1.63. The van der Waals surface area contributed by atoms with E-state index in [1.54, 1.807) is 14.0 Å². The van der Waals surface area contributed by atoms with E-state index in [0.717, 1.165) is 32.5 Å². The highest BCUT2D eigenvalue weighted by Crippen LogP contribution is 2.26. The van der Waals surface area contributed by atoms with Crippen LogP contribution >= 0.6 is 0 Å². The largest absolute Gasteiger partial charge is 0.354 e. The zero-order chi connectivity index (χ0) is 24.0. The van der Waals surface area contributed by atoms with Crippen LogP contribution in [0.2, 0.25) is 0 Å². The Morgan fingerprint density at radius 3 is 2.48 bits per heavy atom. The summed E-state index contributed by atoms with van der Waals surface area (Å²) in [6.07, 6.45) is 6.88. The first kappa shape index (κ1) is 25.2. The van der Waals surface area contributed by atoms with Gasteiger partial charge in [0, 0.05) is 26.2 Å². The summed E-state index contributed by atoms with van der Waals surface area (Å²) in [5.74, 6) is -0.326. The Kier molecular flexibility index (Phi) is 8.51. The molecule has 0 saturated carbocycles. The lowest BCUT2D eigenvalue weighted by atomic mass is 9.95. The van der Waals surface area contributed by atoms with Gasteiger partial charge in [-0.05, 0) is 58.2 Å². The van der Waals surface area contributed by atoms with E-state index in [2.05, 4.69) is 34.5 Å². The Balaban J connectivity index is 1.57. The van der Waals surface area contributed by atoms with Crippen LogP contribution in [0.15, 0.2) is 6.07 Å². The molecule has 0 radical (unpaired) electrons. The number of likely N-dealkylation sites (N-methyl/N-ethyl adjacent to an activating group) is 1. The maximum absolute atomic E-state index is 13.0. The van der Waals surface area contributed by atoms with Crippen LogP contribution in [0, 0.1) is 5.92 Å². The second-order valence-corrected chi connectivity index (χ2v) is 10.0. The van der Waals surface area contributed by atoms with E-state index in [4.69, 9.17) is 0 Å². The molecular weight excluding hydrogens is 420 g/mol. The minimum Gasteiger partial charge on any atom is -0.354 e. The van der Waals surface area contributed by atoms with Crippen LogP contribution in [0.4, 0.5) is 0 Å². The molecule has 1 atom stereocenters. The lowest BCUT2D eigenvalue weighted by Crippen LogP contribution is -2.62. The van der Waals surface area contributed by atoms with Crippen LogP contribution in [0.5, 0.6) is 0 Å². The minimum absolute atomic E-state index is 0.209. The van der Waals surface area contributed by atoms with E-state index in [9.17, 15) is 14.4 Å². The molecule has 0 spiro atoms.